The van der Waals surface area contributed by atoms with Gasteiger partial charge in [0.1, 0.15) is 12.1 Å². The predicted molar refractivity (Wildman–Crippen MR) is 169 cm³/mol. The molecule has 4 heterocycles. The van der Waals surface area contributed by atoms with Crippen molar-refractivity contribution in [3.05, 3.63) is 131 Å². The molecule has 2 saturated heterocycles. The number of fused-ring (bicyclic) bond motifs is 5. The molecule has 2 fully saturated rings. The van der Waals surface area contributed by atoms with Crippen LogP contribution in [0.2, 0.25) is 0 Å². The molecule has 4 aliphatic rings. The number of anilines is 2. The van der Waals surface area contributed by atoms with Crippen molar-refractivity contribution in [3.63, 3.8) is 0 Å². The average molecular weight is 597 g/mol. The summed E-state index contributed by atoms with van der Waals surface area (Å²) in [5.74, 6) is -2.86. The minimum absolute atomic E-state index is 0.145. The van der Waals surface area contributed by atoms with E-state index in [2.05, 4.69) is 5.32 Å². The molecule has 45 heavy (non-hydrogen) atoms. The van der Waals surface area contributed by atoms with Crippen molar-refractivity contribution in [1.29, 1.82) is 0 Å². The van der Waals surface area contributed by atoms with Gasteiger partial charge in [0.25, 0.3) is 5.91 Å². The number of benzene rings is 4. The second kappa shape index (κ2) is 10.5. The summed E-state index contributed by atoms with van der Waals surface area (Å²) >= 11 is 0. The second-order valence-electron chi connectivity index (χ2n) is 12.3. The van der Waals surface area contributed by atoms with Crippen molar-refractivity contribution >= 4 is 35.0 Å². The van der Waals surface area contributed by atoms with Gasteiger partial charge in [-0.2, -0.15) is 0 Å². The lowest BCUT2D eigenvalue weighted by atomic mass is 9.76. The monoisotopic (exact) mass is 596 g/mol. The number of hydrogen-bond donors (Lipinski definition) is 1. The van der Waals surface area contributed by atoms with Gasteiger partial charge in [0, 0.05) is 29.5 Å². The van der Waals surface area contributed by atoms with E-state index in [9.17, 15) is 19.2 Å². The molecule has 0 bridgehead atoms. The fraction of sp³-hybridized carbons (Fsp3) is 0.243. The first kappa shape index (κ1) is 27.5. The lowest BCUT2D eigenvalue weighted by Crippen LogP contribution is -2.56. The van der Waals surface area contributed by atoms with Gasteiger partial charge in [0.2, 0.25) is 17.7 Å². The first-order chi connectivity index (χ1) is 22.0. The molecular formula is C37H32N4O4. The molecule has 4 atom stereocenters. The fourth-order valence-corrected chi connectivity index (χ4v) is 7.95. The Morgan fingerprint density at radius 3 is 2.13 bits per heavy atom. The Hall–Kier alpha value is -5.08. The maximum atomic E-state index is 14.9. The zero-order valence-corrected chi connectivity index (χ0v) is 24.6. The summed E-state index contributed by atoms with van der Waals surface area (Å²) in [7, 11) is 0. The molecule has 4 aromatic rings. The second-order valence-corrected chi connectivity index (χ2v) is 12.3. The number of carbonyl (C=O) groups is 4. The van der Waals surface area contributed by atoms with Gasteiger partial charge in [0.15, 0.2) is 0 Å². The Balaban J connectivity index is 1.19. The summed E-state index contributed by atoms with van der Waals surface area (Å²) in [6.07, 6.45) is 1.23. The highest BCUT2D eigenvalue weighted by Crippen LogP contribution is 2.55. The molecular weight excluding hydrogens is 564 g/mol. The van der Waals surface area contributed by atoms with Crippen molar-refractivity contribution < 1.29 is 19.2 Å². The SMILES string of the molecule is O=C1[C@@H]2[C@H](Cc3ccccc3)N[C@@]3(C(=O)N(CC(=O)N4CCc5ccccc54)c4ccccc43)[C@@H]2C(=O)N1Cc1ccccc1. The van der Waals surface area contributed by atoms with Crippen molar-refractivity contribution in [2.24, 2.45) is 11.8 Å². The van der Waals surface area contributed by atoms with Crippen LogP contribution in [0, 0.1) is 11.8 Å². The lowest BCUT2D eigenvalue weighted by molar-refractivity contribution is -0.143. The highest BCUT2D eigenvalue weighted by atomic mass is 16.2. The molecule has 0 aliphatic carbocycles. The quantitative estimate of drug-likeness (QED) is 0.342. The first-order valence-electron chi connectivity index (χ1n) is 15.5. The van der Waals surface area contributed by atoms with E-state index in [1.54, 1.807) is 4.90 Å². The van der Waals surface area contributed by atoms with Gasteiger partial charge in [-0.25, -0.2) is 0 Å². The van der Waals surface area contributed by atoms with Crippen LogP contribution in [0.15, 0.2) is 109 Å². The summed E-state index contributed by atoms with van der Waals surface area (Å²) in [6.45, 7) is 0.535. The number of carbonyl (C=O) groups excluding carboxylic acids is 4. The summed E-state index contributed by atoms with van der Waals surface area (Å²) in [5, 5.41) is 3.57. The van der Waals surface area contributed by atoms with Gasteiger partial charge in [-0.15, -0.1) is 0 Å². The van der Waals surface area contributed by atoms with Crippen LogP contribution >= 0.6 is 0 Å². The summed E-state index contributed by atoms with van der Waals surface area (Å²) in [4.78, 5) is 61.9. The largest absolute Gasteiger partial charge is 0.310 e. The van der Waals surface area contributed by atoms with E-state index < -0.39 is 23.4 Å². The third-order valence-corrected chi connectivity index (χ3v) is 9.92. The van der Waals surface area contributed by atoms with E-state index in [-0.39, 0.29) is 36.7 Å². The molecule has 4 amide bonds. The smallest absolute Gasteiger partial charge is 0.253 e. The van der Waals surface area contributed by atoms with Crippen molar-refractivity contribution in [1.82, 2.24) is 10.2 Å². The van der Waals surface area contributed by atoms with E-state index in [0.29, 0.717) is 24.2 Å². The Morgan fingerprint density at radius 2 is 1.38 bits per heavy atom. The first-order valence-corrected chi connectivity index (χ1v) is 15.5. The van der Waals surface area contributed by atoms with Crippen molar-refractivity contribution in [2.75, 3.05) is 22.9 Å². The normalized spacial score (nSPS) is 24.8. The van der Waals surface area contributed by atoms with Crippen LogP contribution in [0.1, 0.15) is 22.3 Å². The topological polar surface area (TPSA) is 90.0 Å². The zero-order valence-electron chi connectivity index (χ0n) is 24.6. The van der Waals surface area contributed by atoms with Gasteiger partial charge in [-0.3, -0.25) is 29.4 Å². The Labute approximate surface area is 261 Å². The molecule has 0 aromatic heterocycles. The third kappa shape index (κ3) is 4.16. The van der Waals surface area contributed by atoms with Gasteiger partial charge in [-0.05, 0) is 41.7 Å². The Kier molecular flexibility index (Phi) is 6.42. The van der Waals surface area contributed by atoms with Crippen LogP contribution in [0.5, 0.6) is 0 Å². The van der Waals surface area contributed by atoms with E-state index >= 15 is 0 Å². The number of imide groups is 1. The van der Waals surface area contributed by atoms with E-state index in [4.69, 9.17) is 0 Å². The highest BCUT2D eigenvalue weighted by molar-refractivity contribution is 6.18. The predicted octanol–water partition coefficient (Wildman–Crippen LogP) is 3.83. The molecule has 224 valence electrons. The molecule has 8 nitrogen and oxygen atoms in total. The van der Waals surface area contributed by atoms with Crippen LogP contribution in [-0.4, -0.2) is 47.7 Å². The fourth-order valence-electron chi connectivity index (χ4n) is 7.95. The molecule has 8 heteroatoms. The maximum Gasteiger partial charge on any atom is 0.253 e. The number of nitrogens with zero attached hydrogens (tertiary/aromatic N) is 3. The van der Waals surface area contributed by atoms with Gasteiger partial charge < -0.3 is 9.80 Å². The molecule has 4 aromatic carbocycles. The number of amides is 4. The number of nitrogens with one attached hydrogen (secondary N) is 1. The molecule has 1 spiro atoms. The van der Waals surface area contributed by atoms with E-state index in [1.165, 1.54) is 9.80 Å². The molecule has 1 N–H and O–H groups in total. The zero-order chi connectivity index (χ0) is 30.7. The van der Waals surface area contributed by atoms with Gasteiger partial charge >= 0.3 is 0 Å². The molecule has 4 aliphatic heterocycles. The average Bonchev–Trinajstić information content (AvgIpc) is 3.78. The lowest BCUT2D eigenvalue weighted by Gasteiger charge is -2.31. The van der Waals surface area contributed by atoms with E-state index in [1.807, 2.05) is 109 Å². The van der Waals surface area contributed by atoms with Crippen LogP contribution < -0.4 is 15.1 Å². The van der Waals surface area contributed by atoms with Crippen LogP contribution in [0.3, 0.4) is 0 Å². The number of para-hydroxylation sites is 2. The standard InChI is InChI=1S/C37H32N4O4/c42-31(39-20-19-26-15-7-9-17-29(26)39)23-40-30-18-10-8-16-27(30)37(36(40)45)33-32(28(38-37)21-24-11-3-1-4-12-24)34(43)41(35(33)44)22-25-13-5-2-6-14-25/h1-18,28,32-33,38H,19-23H2/t28-,32+,33-,37+/m0/s1. The minimum atomic E-state index is -1.47. The van der Waals surface area contributed by atoms with Crippen LogP contribution in [0.4, 0.5) is 11.4 Å². The molecule has 0 radical (unpaired) electrons. The number of likely N-dealkylation sites (tertiary alicyclic amines) is 1. The maximum absolute atomic E-state index is 14.9. The summed E-state index contributed by atoms with van der Waals surface area (Å²) < 4.78 is 0. The Morgan fingerprint density at radius 1 is 0.733 bits per heavy atom. The number of rotatable bonds is 6. The Bertz CT molecular complexity index is 1840. The minimum Gasteiger partial charge on any atom is -0.310 e. The van der Waals surface area contributed by atoms with Gasteiger partial charge in [-0.1, -0.05) is 97.1 Å². The van der Waals surface area contributed by atoms with E-state index in [0.717, 1.165) is 28.8 Å². The van der Waals surface area contributed by atoms with Crippen LogP contribution in [-0.2, 0) is 44.1 Å². The van der Waals surface area contributed by atoms with Crippen molar-refractivity contribution in [2.45, 2.75) is 31.0 Å². The van der Waals surface area contributed by atoms with Gasteiger partial charge in [0.05, 0.1) is 18.4 Å². The molecule has 0 saturated carbocycles. The highest BCUT2D eigenvalue weighted by Gasteiger charge is 2.71. The van der Waals surface area contributed by atoms with Crippen LogP contribution in [0.25, 0.3) is 0 Å². The van der Waals surface area contributed by atoms with Crippen molar-refractivity contribution in [3.8, 4) is 0 Å². The summed E-state index contributed by atoms with van der Waals surface area (Å²) in [6, 6.07) is 34.0. The third-order valence-electron chi connectivity index (χ3n) is 9.92. The molecule has 0 unspecified atom stereocenters. The number of hydrogen-bond acceptors (Lipinski definition) is 5. The summed E-state index contributed by atoms with van der Waals surface area (Å²) in [5.41, 5.74) is 3.58. The molecule has 8 rings (SSSR count).